The Morgan fingerprint density at radius 3 is 1.21 bits per heavy atom. The molecular weight excluding hydrogens is 420 g/mol. The van der Waals surface area contributed by atoms with Crippen LogP contribution in [0.4, 0.5) is 11.4 Å². The number of rotatable bonds is 4. The first-order chi connectivity index (χ1) is 15.9. The summed E-state index contributed by atoms with van der Waals surface area (Å²) in [5.41, 5.74) is 3.17. The van der Waals surface area contributed by atoms with Crippen LogP contribution in [-0.2, 0) is 15.8 Å². The van der Waals surface area contributed by atoms with Gasteiger partial charge in [0.2, 0.25) is 0 Å². The first-order valence-corrected chi connectivity index (χ1v) is 13.1. The molecule has 0 saturated heterocycles. The summed E-state index contributed by atoms with van der Waals surface area (Å²) in [6.45, 7) is 11.7. The fourth-order valence-electron chi connectivity index (χ4n) is 7.56. The molecule has 182 valence electrons. The topological polar surface area (TPSA) is 46.3 Å². The molecule has 0 aromatic heterocycles. The van der Waals surface area contributed by atoms with Crippen LogP contribution in [0.3, 0.4) is 0 Å². The Kier molecular flexibility index (Phi) is 5.57. The lowest BCUT2D eigenvalue weighted by Gasteiger charge is -2.62. The fourth-order valence-corrected chi connectivity index (χ4v) is 7.56. The van der Waals surface area contributed by atoms with Crippen molar-refractivity contribution < 1.29 is 10.4 Å². The van der Waals surface area contributed by atoms with E-state index in [1.165, 1.54) is 43.2 Å². The minimum Gasteiger partial charge on any atom is -0.215 e. The number of benzene rings is 2. The minimum absolute atomic E-state index is 0.0324. The van der Waals surface area contributed by atoms with Gasteiger partial charge in [0.1, 0.15) is 0 Å². The quantitative estimate of drug-likeness (QED) is 0.448. The van der Waals surface area contributed by atoms with E-state index in [0.29, 0.717) is 11.8 Å². The molecule has 6 rings (SSSR count). The van der Waals surface area contributed by atoms with Crippen LogP contribution in [0, 0.1) is 23.7 Å². The summed E-state index contributed by atoms with van der Waals surface area (Å²) in [6, 6.07) is 17.0. The van der Waals surface area contributed by atoms with Crippen LogP contribution < -0.4 is 10.1 Å². The predicted octanol–water partition coefficient (Wildman–Crippen LogP) is 7.33. The third-order valence-corrected chi connectivity index (χ3v) is 8.80. The number of hydrogen-bond donors (Lipinski definition) is 0. The maximum absolute atomic E-state index is 12.8. The summed E-state index contributed by atoms with van der Waals surface area (Å²) in [7, 11) is 0. The average molecular weight is 461 g/mol. The number of hydrogen-bond acceptors (Lipinski definition) is 2. The molecular formula is C30H40N2O2. The van der Waals surface area contributed by atoms with Crippen molar-refractivity contribution in [3.63, 3.8) is 0 Å². The van der Waals surface area contributed by atoms with Crippen molar-refractivity contribution in [2.24, 2.45) is 23.7 Å². The number of hydroxylamine groups is 2. The molecule has 0 atom stereocenters. The molecule has 0 unspecified atom stereocenters. The first kappa shape index (κ1) is 23.7. The van der Waals surface area contributed by atoms with Crippen molar-refractivity contribution >= 4 is 11.4 Å². The lowest BCUT2D eigenvalue weighted by atomic mass is 9.42. The van der Waals surface area contributed by atoms with Crippen molar-refractivity contribution in [3.8, 4) is 0 Å². The van der Waals surface area contributed by atoms with E-state index in [2.05, 4.69) is 24.3 Å². The molecule has 4 aliphatic carbocycles. The zero-order chi connectivity index (χ0) is 24.5. The zero-order valence-corrected chi connectivity index (χ0v) is 21.7. The van der Waals surface area contributed by atoms with E-state index in [1.54, 1.807) is 0 Å². The van der Waals surface area contributed by atoms with Gasteiger partial charge in [-0.1, -0.05) is 34.7 Å². The smallest absolute Gasteiger partial charge is 0.0674 e. The molecule has 2 radical (unpaired) electrons. The molecule has 4 saturated carbocycles. The molecule has 4 fully saturated rings. The SMILES string of the molecule is CC(C)(C)N([O])c1ccc(C2(c3ccc(N([O])C(C)(C)C)cc3)C3CC4CC(C3)CC2C4)cc1. The first-order valence-electron chi connectivity index (χ1n) is 13.1. The summed E-state index contributed by atoms with van der Waals surface area (Å²) >= 11 is 0. The Labute approximate surface area is 205 Å². The van der Waals surface area contributed by atoms with Gasteiger partial charge in [-0.3, -0.25) is 0 Å². The lowest BCUT2D eigenvalue weighted by Crippen LogP contribution is -2.56. The Morgan fingerprint density at radius 2 is 0.912 bits per heavy atom. The van der Waals surface area contributed by atoms with Crippen molar-refractivity contribution in [1.82, 2.24) is 0 Å². The van der Waals surface area contributed by atoms with Gasteiger partial charge in [0.15, 0.2) is 0 Å². The van der Waals surface area contributed by atoms with Crippen molar-refractivity contribution in [2.45, 2.75) is 90.1 Å². The molecule has 0 aliphatic heterocycles. The third kappa shape index (κ3) is 3.74. The lowest BCUT2D eigenvalue weighted by molar-refractivity contribution is -0.0418. The zero-order valence-electron chi connectivity index (χ0n) is 21.7. The summed E-state index contributed by atoms with van der Waals surface area (Å²) in [4.78, 5) is 0. The van der Waals surface area contributed by atoms with Crippen LogP contribution >= 0.6 is 0 Å². The van der Waals surface area contributed by atoms with E-state index < -0.39 is 11.1 Å². The highest BCUT2D eigenvalue weighted by Crippen LogP contribution is 2.65. The van der Waals surface area contributed by atoms with Crippen molar-refractivity contribution in [3.05, 3.63) is 59.7 Å². The van der Waals surface area contributed by atoms with Crippen LogP contribution in [0.15, 0.2) is 48.5 Å². The molecule has 0 N–H and O–H groups in total. The second kappa shape index (κ2) is 7.99. The Bertz CT molecular complexity index is 920. The summed E-state index contributed by atoms with van der Waals surface area (Å²) < 4.78 is 0. The van der Waals surface area contributed by atoms with Gasteiger partial charge in [-0.15, -0.1) is 0 Å². The fraction of sp³-hybridized carbons (Fsp3) is 0.600. The summed E-state index contributed by atoms with van der Waals surface area (Å²) in [5, 5.41) is 27.9. The molecule has 0 spiro atoms. The van der Waals surface area contributed by atoms with E-state index in [-0.39, 0.29) is 5.41 Å². The summed E-state index contributed by atoms with van der Waals surface area (Å²) in [5.74, 6) is 2.98. The van der Waals surface area contributed by atoms with Gasteiger partial charge in [-0.2, -0.15) is 0 Å². The van der Waals surface area contributed by atoms with Crippen molar-refractivity contribution in [1.29, 1.82) is 0 Å². The van der Waals surface area contributed by atoms with E-state index in [1.807, 2.05) is 65.8 Å². The van der Waals surface area contributed by atoms with E-state index in [9.17, 15) is 10.4 Å². The molecule has 2 aromatic carbocycles. The van der Waals surface area contributed by atoms with E-state index >= 15 is 0 Å². The molecule has 0 amide bonds. The monoisotopic (exact) mass is 460 g/mol. The Morgan fingerprint density at radius 1 is 0.588 bits per heavy atom. The van der Waals surface area contributed by atoms with Crippen molar-refractivity contribution in [2.75, 3.05) is 10.1 Å². The molecule has 4 nitrogen and oxygen atoms in total. The van der Waals surface area contributed by atoms with E-state index in [0.717, 1.165) is 33.3 Å². The Hall–Kier alpha value is -2.04. The second-order valence-electron chi connectivity index (χ2n) is 13.2. The minimum atomic E-state index is -0.463. The van der Waals surface area contributed by atoms with Crippen LogP contribution in [0.5, 0.6) is 0 Å². The average Bonchev–Trinajstić information content (AvgIpc) is 2.77. The second-order valence-corrected chi connectivity index (χ2v) is 13.2. The molecule has 2 aromatic rings. The van der Waals surface area contributed by atoms with Crippen LogP contribution in [-0.4, -0.2) is 11.1 Å². The Balaban J connectivity index is 1.58. The van der Waals surface area contributed by atoms with Gasteiger partial charge in [0.05, 0.1) is 22.5 Å². The highest BCUT2D eigenvalue weighted by atomic mass is 16.5. The number of anilines is 2. The van der Waals surface area contributed by atoms with Crippen LogP contribution in [0.1, 0.15) is 84.8 Å². The maximum Gasteiger partial charge on any atom is 0.0674 e. The normalized spacial score (nSPS) is 27.6. The van der Waals surface area contributed by atoms with Gasteiger partial charge < -0.3 is 0 Å². The van der Waals surface area contributed by atoms with Crippen LogP contribution in [0.2, 0.25) is 0 Å². The summed E-state index contributed by atoms with van der Waals surface area (Å²) in [6.07, 6.45) is 6.59. The molecule has 34 heavy (non-hydrogen) atoms. The van der Waals surface area contributed by atoms with Gasteiger partial charge >= 0.3 is 0 Å². The van der Waals surface area contributed by atoms with Gasteiger partial charge in [-0.25, -0.2) is 10.1 Å². The standard InChI is InChI=1S/C30H40N2O2/c1-28(2,3)31(33)26-11-7-22(8-12-26)30(24-16-20-15-21(18-24)19-25(30)17-20)23-9-13-27(14-10-23)32(34)29(4,5)6/h7-14,20-21,24-25H,15-19H2,1-6H3. The largest absolute Gasteiger partial charge is 0.215 e. The van der Waals surface area contributed by atoms with E-state index in [4.69, 9.17) is 0 Å². The number of nitrogens with zero attached hydrogens (tertiary/aromatic N) is 2. The maximum atomic E-state index is 12.8. The van der Waals surface area contributed by atoms with Gasteiger partial charge in [0.25, 0.3) is 0 Å². The highest BCUT2D eigenvalue weighted by Gasteiger charge is 2.58. The molecule has 0 heterocycles. The molecule has 4 aliphatic rings. The third-order valence-electron chi connectivity index (χ3n) is 8.80. The molecule has 4 bridgehead atoms. The highest BCUT2D eigenvalue weighted by molar-refractivity contribution is 5.54. The van der Waals surface area contributed by atoms with Gasteiger partial charge in [0, 0.05) is 5.41 Å². The van der Waals surface area contributed by atoms with Gasteiger partial charge in [-0.05, 0) is 133 Å². The predicted molar refractivity (Wildman–Crippen MR) is 137 cm³/mol. The molecule has 4 heteroatoms. The van der Waals surface area contributed by atoms with Crippen LogP contribution in [0.25, 0.3) is 0 Å².